The van der Waals surface area contributed by atoms with Gasteiger partial charge in [0.1, 0.15) is 5.92 Å². The maximum Gasteiger partial charge on any atom is 0.315 e. The van der Waals surface area contributed by atoms with Gasteiger partial charge in [-0.05, 0) is 31.5 Å². The molecular weight excluding hydrogens is 387 g/mol. The van der Waals surface area contributed by atoms with Crippen LogP contribution in [-0.2, 0) is 9.53 Å². The van der Waals surface area contributed by atoms with Gasteiger partial charge in [0.05, 0.1) is 29.2 Å². The minimum absolute atomic E-state index is 0.00362. The standard InChI is InChI=1S/C19H18ClFN4O3/c1-3-14(19(26)27-4-2)16-11-23-25(24-16)13-6-7-17(15(21)9-13)28-18-8-5-12(20)10-22-18/h5-11,14H,3-4H2,1-2H3. The van der Waals surface area contributed by atoms with Gasteiger partial charge in [0.15, 0.2) is 11.6 Å². The third-order valence-electron chi connectivity index (χ3n) is 3.91. The highest BCUT2D eigenvalue weighted by Gasteiger charge is 2.23. The second kappa shape index (κ2) is 8.79. The van der Waals surface area contributed by atoms with Gasteiger partial charge >= 0.3 is 5.97 Å². The third-order valence-corrected chi connectivity index (χ3v) is 4.13. The highest BCUT2D eigenvalue weighted by molar-refractivity contribution is 6.30. The van der Waals surface area contributed by atoms with Crippen molar-refractivity contribution < 1.29 is 18.7 Å². The molecule has 0 fully saturated rings. The van der Waals surface area contributed by atoms with Crippen LogP contribution in [-0.4, -0.2) is 32.6 Å². The van der Waals surface area contributed by atoms with Crippen molar-refractivity contribution in [3.63, 3.8) is 0 Å². The van der Waals surface area contributed by atoms with Crippen molar-refractivity contribution in [2.75, 3.05) is 6.61 Å². The first kappa shape index (κ1) is 19.8. The summed E-state index contributed by atoms with van der Waals surface area (Å²) >= 11 is 5.77. The summed E-state index contributed by atoms with van der Waals surface area (Å²) in [6.45, 7) is 3.89. The lowest BCUT2D eigenvalue weighted by Gasteiger charge is -2.10. The number of esters is 1. The smallest absolute Gasteiger partial charge is 0.315 e. The summed E-state index contributed by atoms with van der Waals surface area (Å²) in [4.78, 5) is 17.2. The first-order chi connectivity index (χ1) is 13.5. The maximum atomic E-state index is 14.4. The Kier molecular flexibility index (Phi) is 6.20. The number of carbonyl (C=O) groups excluding carboxylic acids is 1. The molecule has 2 aromatic heterocycles. The zero-order valence-electron chi connectivity index (χ0n) is 15.3. The number of nitrogens with zero attached hydrogens (tertiary/aromatic N) is 4. The van der Waals surface area contributed by atoms with Gasteiger partial charge in [-0.2, -0.15) is 15.0 Å². The largest absolute Gasteiger partial charge is 0.465 e. The molecule has 0 saturated heterocycles. The Bertz CT molecular complexity index is 962. The number of halogens is 2. The minimum atomic E-state index is -0.606. The maximum absolute atomic E-state index is 14.4. The van der Waals surface area contributed by atoms with Crippen LogP contribution in [0.1, 0.15) is 31.9 Å². The lowest BCUT2D eigenvalue weighted by molar-refractivity contribution is -0.145. The predicted molar refractivity (Wildman–Crippen MR) is 100 cm³/mol. The summed E-state index contributed by atoms with van der Waals surface area (Å²) in [7, 11) is 0. The van der Waals surface area contributed by atoms with Crippen LogP contribution < -0.4 is 4.74 Å². The summed E-state index contributed by atoms with van der Waals surface area (Å²) in [6.07, 6.45) is 3.41. The molecule has 146 valence electrons. The fourth-order valence-electron chi connectivity index (χ4n) is 2.53. The molecule has 3 rings (SSSR count). The van der Waals surface area contributed by atoms with E-state index in [1.165, 1.54) is 35.4 Å². The summed E-state index contributed by atoms with van der Waals surface area (Å²) in [5, 5.41) is 8.87. The summed E-state index contributed by atoms with van der Waals surface area (Å²) < 4.78 is 24.9. The van der Waals surface area contributed by atoms with Crippen LogP contribution in [0.2, 0.25) is 5.02 Å². The number of pyridine rings is 1. The van der Waals surface area contributed by atoms with Gasteiger partial charge in [-0.25, -0.2) is 9.37 Å². The van der Waals surface area contributed by atoms with Crippen molar-refractivity contribution >= 4 is 17.6 Å². The number of hydrogen-bond donors (Lipinski definition) is 0. The number of rotatable bonds is 7. The molecule has 1 unspecified atom stereocenters. The van der Waals surface area contributed by atoms with E-state index in [0.717, 1.165) is 0 Å². The first-order valence-electron chi connectivity index (χ1n) is 8.70. The van der Waals surface area contributed by atoms with Gasteiger partial charge in [-0.1, -0.05) is 18.5 Å². The first-order valence-corrected chi connectivity index (χ1v) is 9.07. The van der Waals surface area contributed by atoms with Crippen LogP contribution in [0.25, 0.3) is 5.69 Å². The van der Waals surface area contributed by atoms with Crippen molar-refractivity contribution in [3.8, 4) is 17.3 Å². The van der Waals surface area contributed by atoms with E-state index in [-0.39, 0.29) is 17.6 Å². The van der Waals surface area contributed by atoms with E-state index in [4.69, 9.17) is 21.1 Å². The van der Waals surface area contributed by atoms with E-state index in [1.54, 1.807) is 19.1 Å². The van der Waals surface area contributed by atoms with E-state index in [2.05, 4.69) is 15.2 Å². The molecule has 0 radical (unpaired) electrons. The molecule has 0 aliphatic carbocycles. The second-order valence-electron chi connectivity index (χ2n) is 5.80. The molecule has 0 spiro atoms. The molecule has 3 aromatic rings. The molecule has 9 heteroatoms. The molecule has 0 aliphatic heterocycles. The lowest BCUT2D eigenvalue weighted by Crippen LogP contribution is -2.16. The summed E-state index contributed by atoms with van der Waals surface area (Å²) in [5.41, 5.74) is 0.853. The highest BCUT2D eigenvalue weighted by Crippen LogP contribution is 2.26. The van der Waals surface area contributed by atoms with Crippen molar-refractivity contribution in [1.82, 2.24) is 20.0 Å². The molecule has 2 heterocycles. The fraction of sp³-hybridized carbons (Fsp3) is 0.263. The van der Waals surface area contributed by atoms with Crippen molar-refractivity contribution in [3.05, 3.63) is 59.3 Å². The molecular formula is C19H18ClFN4O3. The molecule has 7 nitrogen and oxygen atoms in total. The average Bonchev–Trinajstić information content (AvgIpc) is 3.16. The van der Waals surface area contributed by atoms with Crippen molar-refractivity contribution in [2.45, 2.75) is 26.2 Å². The average molecular weight is 405 g/mol. The molecule has 0 saturated carbocycles. The zero-order chi connectivity index (χ0) is 20.1. The number of ether oxygens (including phenoxy) is 2. The van der Waals surface area contributed by atoms with E-state index < -0.39 is 11.7 Å². The minimum Gasteiger partial charge on any atom is -0.465 e. The van der Waals surface area contributed by atoms with Crippen LogP contribution in [0.4, 0.5) is 4.39 Å². The van der Waals surface area contributed by atoms with Crippen molar-refractivity contribution in [1.29, 1.82) is 0 Å². The summed E-state index contributed by atoms with van der Waals surface area (Å²) in [6, 6.07) is 7.42. The molecule has 0 N–H and O–H groups in total. The van der Waals surface area contributed by atoms with E-state index >= 15 is 0 Å². The number of hydrogen-bond acceptors (Lipinski definition) is 6. The predicted octanol–water partition coefficient (Wildman–Crippen LogP) is 4.30. The van der Waals surface area contributed by atoms with Gasteiger partial charge in [0, 0.05) is 18.3 Å². The van der Waals surface area contributed by atoms with E-state index in [0.29, 0.717) is 29.4 Å². The van der Waals surface area contributed by atoms with Gasteiger partial charge < -0.3 is 9.47 Å². The molecule has 0 amide bonds. The molecule has 0 aliphatic rings. The summed E-state index contributed by atoms with van der Waals surface area (Å²) in [5.74, 6) is -1.26. The molecule has 1 atom stereocenters. The Labute approximate surface area is 166 Å². The van der Waals surface area contributed by atoms with Crippen LogP contribution >= 0.6 is 11.6 Å². The Morgan fingerprint density at radius 2 is 2.07 bits per heavy atom. The Balaban J connectivity index is 1.79. The molecule has 0 bridgehead atoms. The lowest BCUT2D eigenvalue weighted by atomic mass is 10.0. The van der Waals surface area contributed by atoms with Gasteiger partial charge in [0.2, 0.25) is 5.88 Å². The van der Waals surface area contributed by atoms with Crippen molar-refractivity contribution in [2.24, 2.45) is 0 Å². The Morgan fingerprint density at radius 1 is 1.25 bits per heavy atom. The zero-order valence-corrected chi connectivity index (χ0v) is 16.1. The van der Waals surface area contributed by atoms with E-state index in [1.807, 2.05) is 6.92 Å². The van der Waals surface area contributed by atoms with Gasteiger partial charge in [-0.15, -0.1) is 0 Å². The van der Waals surface area contributed by atoms with Crippen LogP contribution in [0.15, 0.2) is 42.7 Å². The van der Waals surface area contributed by atoms with Gasteiger partial charge in [0.25, 0.3) is 0 Å². The Morgan fingerprint density at radius 3 is 2.71 bits per heavy atom. The molecule has 28 heavy (non-hydrogen) atoms. The number of aromatic nitrogens is 4. The topological polar surface area (TPSA) is 79.1 Å². The number of benzene rings is 1. The van der Waals surface area contributed by atoms with Crippen LogP contribution in [0, 0.1) is 5.82 Å². The molecule has 1 aromatic carbocycles. The van der Waals surface area contributed by atoms with Gasteiger partial charge in [-0.3, -0.25) is 4.79 Å². The monoisotopic (exact) mass is 404 g/mol. The van der Waals surface area contributed by atoms with Crippen LogP contribution in [0.3, 0.4) is 0 Å². The fourth-order valence-corrected chi connectivity index (χ4v) is 2.64. The SMILES string of the molecule is CCOC(=O)C(CC)c1cnn(-c2ccc(Oc3ccc(Cl)cn3)c(F)c2)n1. The van der Waals surface area contributed by atoms with Crippen LogP contribution in [0.5, 0.6) is 11.6 Å². The Hall–Kier alpha value is -3.00. The van der Waals surface area contributed by atoms with E-state index in [9.17, 15) is 9.18 Å². The highest BCUT2D eigenvalue weighted by atomic mass is 35.5. The third kappa shape index (κ3) is 4.45. The number of carbonyl (C=O) groups is 1. The second-order valence-corrected chi connectivity index (χ2v) is 6.24. The normalized spacial score (nSPS) is 11.9. The quantitative estimate of drug-likeness (QED) is 0.546.